The highest BCUT2D eigenvalue weighted by molar-refractivity contribution is 7.84. The Morgan fingerprint density at radius 2 is 1.88 bits per heavy atom. The Balaban J connectivity index is 4.17. The second-order valence-electron chi connectivity index (χ2n) is 1.36. The van der Waals surface area contributed by atoms with Gasteiger partial charge in [0, 0.05) is 14.1 Å². The Kier molecular flexibility index (Phi) is 2.39. The van der Waals surface area contributed by atoms with Crippen LogP contribution in [0.15, 0.2) is 0 Å². The van der Waals surface area contributed by atoms with E-state index in [-0.39, 0.29) is 0 Å². The summed E-state index contributed by atoms with van der Waals surface area (Å²) in [6, 6.07) is 0. The van der Waals surface area contributed by atoms with E-state index >= 15 is 0 Å². The highest BCUT2D eigenvalue weighted by Crippen LogP contribution is 1.92. The van der Waals surface area contributed by atoms with Crippen LogP contribution in [0.3, 0.4) is 0 Å². The van der Waals surface area contributed by atoms with Crippen molar-refractivity contribution in [2.24, 2.45) is 0 Å². The van der Waals surface area contributed by atoms with Gasteiger partial charge in [0.2, 0.25) is 0 Å². The molecule has 0 saturated carbocycles. The molecular formula is C3H8NO3S. The van der Waals surface area contributed by atoms with E-state index in [9.17, 15) is 8.42 Å². The van der Waals surface area contributed by atoms with Crippen LogP contribution < -0.4 is 0 Å². The van der Waals surface area contributed by atoms with Gasteiger partial charge in [0.05, 0.1) is 7.11 Å². The summed E-state index contributed by atoms with van der Waals surface area (Å²) in [5, 5.41) is 0. The van der Waals surface area contributed by atoms with Gasteiger partial charge in [0.15, 0.2) is 0 Å². The summed E-state index contributed by atoms with van der Waals surface area (Å²) < 4.78 is 25.5. The van der Waals surface area contributed by atoms with Crippen LogP contribution in [0.2, 0.25) is 0 Å². The summed E-state index contributed by atoms with van der Waals surface area (Å²) in [4.78, 5) is 0. The molecule has 0 aliphatic rings. The fourth-order valence-corrected chi connectivity index (χ4v) is 0.316. The van der Waals surface area contributed by atoms with E-state index in [0.29, 0.717) is 0 Å². The molecule has 8 heavy (non-hydrogen) atoms. The van der Waals surface area contributed by atoms with Crippen molar-refractivity contribution in [3.63, 3.8) is 0 Å². The Morgan fingerprint density at radius 3 is 1.88 bits per heavy atom. The minimum Gasteiger partial charge on any atom is -0.255 e. The second-order valence-corrected chi connectivity index (χ2v) is 3.18. The number of hydrogen-bond donors (Lipinski definition) is 0. The largest absolute Gasteiger partial charge is 0.337 e. The zero-order valence-electron chi connectivity index (χ0n) is 4.79. The molecule has 0 rings (SSSR count). The lowest BCUT2D eigenvalue weighted by Crippen LogP contribution is -2.22. The Bertz CT molecular complexity index is 148. The number of rotatable bonds is 2. The average Bonchev–Trinajstić information content (AvgIpc) is 1.67. The van der Waals surface area contributed by atoms with Gasteiger partial charge >= 0.3 is 10.3 Å². The van der Waals surface area contributed by atoms with Crippen molar-refractivity contribution in [3.8, 4) is 0 Å². The van der Waals surface area contributed by atoms with Gasteiger partial charge in [0.1, 0.15) is 0 Å². The summed E-state index contributed by atoms with van der Waals surface area (Å²) >= 11 is 0. The normalized spacial score (nSPS) is 12.5. The van der Waals surface area contributed by atoms with E-state index < -0.39 is 10.3 Å². The Hall–Kier alpha value is -0.130. The molecule has 0 atom stereocenters. The SMILES string of the molecule is [CH2]OS(=O)(=O)N(C)C. The topological polar surface area (TPSA) is 46.6 Å². The highest BCUT2D eigenvalue weighted by atomic mass is 32.2. The van der Waals surface area contributed by atoms with E-state index in [4.69, 9.17) is 0 Å². The minimum atomic E-state index is -3.51. The third-order valence-electron chi connectivity index (χ3n) is 0.596. The molecule has 0 unspecified atom stereocenters. The third-order valence-corrected chi connectivity index (χ3v) is 1.79. The quantitative estimate of drug-likeness (QED) is 0.521. The zero-order chi connectivity index (χ0) is 6.78. The first-order valence-corrected chi connectivity index (χ1v) is 3.23. The molecule has 5 heteroatoms. The van der Waals surface area contributed by atoms with Gasteiger partial charge < -0.3 is 0 Å². The summed E-state index contributed by atoms with van der Waals surface area (Å²) in [6.45, 7) is 0. The molecule has 0 aliphatic heterocycles. The maximum atomic E-state index is 10.3. The van der Waals surface area contributed by atoms with E-state index in [0.717, 1.165) is 4.31 Å². The van der Waals surface area contributed by atoms with Gasteiger partial charge in [-0.05, 0) is 0 Å². The van der Waals surface area contributed by atoms with Crippen molar-refractivity contribution < 1.29 is 12.6 Å². The Labute approximate surface area is 49.3 Å². The van der Waals surface area contributed by atoms with Crippen molar-refractivity contribution in [1.82, 2.24) is 4.31 Å². The molecule has 0 aromatic rings. The van der Waals surface area contributed by atoms with Crippen molar-refractivity contribution in [2.45, 2.75) is 0 Å². The lowest BCUT2D eigenvalue weighted by molar-refractivity contribution is 0.383. The number of hydrogen-bond acceptors (Lipinski definition) is 3. The predicted molar refractivity (Wildman–Crippen MR) is 29.0 cm³/mol. The van der Waals surface area contributed by atoms with Crippen LogP contribution in [-0.2, 0) is 14.5 Å². The van der Waals surface area contributed by atoms with Gasteiger partial charge in [-0.3, -0.25) is 4.18 Å². The number of nitrogens with zero attached hydrogens (tertiary/aromatic N) is 1. The summed E-state index contributed by atoms with van der Waals surface area (Å²) in [5.74, 6) is 0. The summed E-state index contributed by atoms with van der Waals surface area (Å²) in [5.41, 5.74) is 0. The monoisotopic (exact) mass is 138 g/mol. The molecule has 1 radical (unpaired) electrons. The van der Waals surface area contributed by atoms with E-state index in [2.05, 4.69) is 11.3 Å². The maximum absolute atomic E-state index is 10.3. The van der Waals surface area contributed by atoms with E-state index in [1.165, 1.54) is 14.1 Å². The van der Waals surface area contributed by atoms with Crippen molar-refractivity contribution in [1.29, 1.82) is 0 Å². The first-order valence-electron chi connectivity index (χ1n) is 1.87. The van der Waals surface area contributed by atoms with Gasteiger partial charge in [-0.25, -0.2) is 0 Å². The lowest BCUT2D eigenvalue weighted by atomic mass is 11.3. The van der Waals surface area contributed by atoms with Crippen LogP contribution in [0.5, 0.6) is 0 Å². The molecule has 0 saturated heterocycles. The van der Waals surface area contributed by atoms with Crippen LogP contribution in [0, 0.1) is 7.11 Å². The molecule has 0 aliphatic carbocycles. The highest BCUT2D eigenvalue weighted by Gasteiger charge is 2.09. The molecule has 0 aromatic carbocycles. The first kappa shape index (κ1) is 7.87. The molecule has 0 amide bonds. The Morgan fingerprint density at radius 1 is 1.50 bits per heavy atom. The van der Waals surface area contributed by atoms with Gasteiger partial charge in [0.25, 0.3) is 0 Å². The standard InChI is InChI=1S/C3H8NO3S/c1-4(2)8(5,6)7-3/h3H2,1-2H3. The molecule has 0 heterocycles. The first-order chi connectivity index (χ1) is 3.50. The fourth-order valence-electron chi connectivity index (χ4n) is 0.105. The molecule has 0 bridgehead atoms. The maximum Gasteiger partial charge on any atom is 0.337 e. The van der Waals surface area contributed by atoms with Gasteiger partial charge in [-0.1, -0.05) is 0 Å². The molecule has 0 N–H and O–H groups in total. The minimum absolute atomic E-state index is 0.931. The molecule has 0 aromatic heterocycles. The average molecular weight is 138 g/mol. The molecule has 49 valence electrons. The smallest absolute Gasteiger partial charge is 0.255 e. The van der Waals surface area contributed by atoms with E-state index in [1.54, 1.807) is 0 Å². The van der Waals surface area contributed by atoms with Crippen LogP contribution in [0.1, 0.15) is 0 Å². The zero-order valence-corrected chi connectivity index (χ0v) is 5.60. The third kappa shape index (κ3) is 1.77. The van der Waals surface area contributed by atoms with Crippen LogP contribution >= 0.6 is 0 Å². The fraction of sp³-hybridized carbons (Fsp3) is 0.667. The second kappa shape index (κ2) is 2.43. The predicted octanol–water partition coefficient (Wildman–Crippen LogP) is -0.399. The van der Waals surface area contributed by atoms with Crippen molar-refractivity contribution >= 4 is 10.3 Å². The van der Waals surface area contributed by atoms with Gasteiger partial charge in [-0.2, -0.15) is 12.7 Å². The molecule has 4 nitrogen and oxygen atoms in total. The van der Waals surface area contributed by atoms with Gasteiger partial charge in [-0.15, -0.1) is 0 Å². The van der Waals surface area contributed by atoms with Crippen LogP contribution in [0.4, 0.5) is 0 Å². The molecule has 0 fully saturated rings. The van der Waals surface area contributed by atoms with Crippen LogP contribution in [0.25, 0.3) is 0 Å². The van der Waals surface area contributed by atoms with Crippen LogP contribution in [-0.4, -0.2) is 26.8 Å². The van der Waals surface area contributed by atoms with Crippen molar-refractivity contribution in [3.05, 3.63) is 7.11 Å². The summed E-state index contributed by atoms with van der Waals surface area (Å²) in [7, 11) is 1.96. The molecule has 0 spiro atoms. The van der Waals surface area contributed by atoms with Crippen molar-refractivity contribution in [2.75, 3.05) is 14.1 Å². The lowest BCUT2D eigenvalue weighted by Gasteiger charge is -2.05. The van der Waals surface area contributed by atoms with E-state index in [1.807, 2.05) is 0 Å². The summed E-state index contributed by atoms with van der Waals surface area (Å²) in [6.07, 6.45) is 0. The molecular weight excluding hydrogens is 130 g/mol.